The molecule has 6 nitrogen and oxygen atoms in total. The van der Waals surface area contributed by atoms with Gasteiger partial charge < -0.3 is 4.90 Å². The molecule has 0 bridgehead atoms. The number of anilines is 1. The first kappa shape index (κ1) is 20.3. The first-order chi connectivity index (χ1) is 14.3. The third-order valence-electron chi connectivity index (χ3n) is 5.50. The molecule has 0 saturated carbocycles. The van der Waals surface area contributed by atoms with Crippen LogP contribution in [0, 0.1) is 11.7 Å². The van der Waals surface area contributed by atoms with E-state index in [9.17, 15) is 22.4 Å². The van der Waals surface area contributed by atoms with Gasteiger partial charge in [-0.25, -0.2) is 12.8 Å². The maximum Gasteiger partial charge on any atom is 0.268 e. The standard InChI is InChI=1S/C22H21FN2O4S/c1-14-9-11-25(12-10-14)19-20(26)17-7-2-3-8-18(17)21(27)22(19)30(28,29)24-16-6-4-5-15(23)13-16/h2-8,13-14,24H,9-12H2,1H3. The molecule has 2 aromatic rings. The Labute approximate surface area is 174 Å². The first-order valence-corrected chi connectivity index (χ1v) is 11.2. The summed E-state index contributed by atoms with van der Waals surface area (Å²) in [6.45, 7) is 3.06. The second-order valence-electron chi connectivity index (χ2n) is 7.67. The van der Waals surface area contributed by atoms with Crippen LogP contribution in [0.4, 0.5) is 10.1 Å². The molecule has 4 rings (SSSR count). The van der Waals surface area contributed by atoms with Crippen LogP contribution in [0.3, 0.4) is 0 Å². The normalized spacial score (nSPS) is 17.9. The highest BCUT2D eigenvalue weighted by Crippen LogP contribution is 2.34. The Morgan fingerprint density at radius 3 is 2.23 bits per heavy atom. The maximum atomic E-state index is 13.5. The van der Waals surface area contributed by atoms with Crippen molar-refractivity contribution in [3.8, 4) is 0 Å². The number of piperidine rings is 1. The van der Waals surface area contributed by atoms with Crippen molar-refractivity contribution in [2.45, 2.75) is 19.8 Å². The number of nitrogens with zero attached hydrogens (tertiary/aromatic N) is 1. The fourth-order valence-electron chi connectivity index (χ4n) is 3.87. The summed E-state index contributed by atoms with van der Waals surface area (Å²) >= 11 is 0. The van der Waals surface area contributed by atoms with Crippen molar-refractivity contribution in [1.82, 2.24) is 4.90 Å². The monoisotopic (exact) mass is 428 g/mol. The van der Waals surface area contributed by atoms with Gasteiger partial charge in [-0.15, -0.1) is 0 Å². The summed E-state index contributed by atoms with van der Waals surface area (Å²) in [5, 5.41) is 0. The van der Waals surface area contributed by atoms with Crippen LogP contribution in [0.5, 0.6) is 0 Å². The Bertz CT molecular complexity index is 1170. The Kier molecular flexibility index (Phi) is 5.19. The van der Waals surface area contributed by atoms with Crippen LogP contribution in [-0.2, 0) is 10.0 Å². The highest BCUT2D eigenvalue weighted by molar-refractivity contribution is 7.97. The fourth-order valence-corrected chi connectivity index (χ4v) is 5.24. The average molecular weight is 428 g/mol. The zero-order valence-corrected chi connectivity index (χ0v) is 17.2. The van der Waals surface area contributed by atoms with E-state index >= 15 is 0 Å². The second kappa shape index (κ2) is 7.68. The molecule has 0 aromatic heterocycles. The number of halogens is 1. The quantitative estimate of drug-likeness (QED) is 0.805. The van der Waals surface area contributed by atoms with E-state index in [1.807, 2.05) is 0 Å². The van der Waals surface area contributed by atoms with Gasteiger partial charge in [0.15, 0.2) is 4.91 Å². The summed E-state index contributed by atoms with van der Waals surface area (Å²) in [6, 6.07) is 11.1. The molecule has 2 aromatic carbocycles. The SMILES string of the molecule is CC1CCN(C2=C(S(=O)(=O)Nc3cccc(F)c3)C(=O)c3ccccc3C2=O)CC1. The molecular formula is C22H21FN2O4S. The molecule has 1 aliphatic heterocycles. The van der Waals surface area contributed by atoms with Crippen molar-refractivity contribution in [1.29, 1.82) is 0 Å². The van der Waals surface area contributed by atoms with E-state index in [0.29, 0.717) is 19.0 Å². The van der Waals surface area contributed by atoms with E-state index in [0.717, 1.165) is 18.9 Å². The summed E-state index contributed by atoms with van der Waals surface area (Å²) in [5.41, 5.74) is 0.125. The van der Waals surface area contributed by atoms with Crippen molar-refractivity contribution in [2.24, 2.45) is 5.92 Å². The van der Waals surface area contributed by atoms with Gasteiger partial charge in [-0.2, -0.15) is 0 Å². The number of rotatable bonds is 4. The molecular weight excluding hydrogens is 407 g/mol. The smallest absolute Gasteiger partial charge is 0.268 e. The van der Waals surface area contributed by atoms with Crippen molar-refractivity contribution in [3.05, 3.63) is 76.1 Å². The number of likely N-dealkylation sites (tertiary alicyclic amines) is 1. The number of fused-ring (bicyclic) bond motifs is 1. The maximum absolute atomic E-state index is 13.5. The van der Waals surface area contributed by atoms with E-state index < -0.39 is 32.3 Å². The largest absolute Gasteiger partial charge is 0.367 e. The van der Waals surface area contributed by atoms with E-state index in [1.165, 1.54) is 30.3 Å². The molecule has 8 heteroatoms. The number of carbonyl (C=O) groups is 2. The van der Waals surface area contributed by atoms with E-state index in [4.69, 9.17) is 0 Å². The fraction of sp³-hybridized carbons (Fsp3) is 0.273. The number of hydrogen-bond acceptors (Lipinski definition) is 5. The number of nitrogens with one attached hydrogen (secondary N) is 1. The summed E-state index contributed by atoms with van der Waals surface area (Å²) in [5.74, 6) is -1.39. The lowest BCUT2D eigenvalue weighted by molar-refractivity contribution is 0.0933. The number of benzene rings is 2. The van der Waals surface area contributed by atoms with Gasteiger partial charge in [-0.3, -0.25) is 14.3 Å². The number of ketones is 2. The van der Waals surface area contributed by atoms with Gasteiger partial charge in [0.2, 0.25) is 11.6 Å². The number of hydrogen-bond donors (Lipinski definition) is 1. The highest BCUT2D eigenvalue weighted by Gasteiger charge is 2.42. The van der Waals surface area contributed by atoms with E-state index in [2.05, 4.69) is 11.6 Å². The molecule has 30 heavy (non-hydrogen) atoms. The molecule has 2 aliphatic rings. The molecule has 0 radical (unpaired) electrons. The van der Waals surface area contributed by atoms with Crippen LogP contribution >= 0.6 is 0 Å². The molecule has 0 atom stereocenters. The molecule has 1 N–H and O–H groups in total. The Hall–Kier alpha value is -3.00. The summed E-state index contributed by atoms with van der Waals surface area (Å²) < 4.78 is 42.3. The number of carbonyl (C=O) groups excluding carboxylic acids is 2. The highest BCUT2D eigenvalue weighted by atomic mass is 32.2. The lowest BCUT2D eigenvalue weighted by Crippen LogP contribution is -2.41. The van der Waals surface area contributed by atoms with Gasteiger partial charge in [0.25, 0.3) is 10.0 Å². The Balaban J connectivity index is 1.85. The van der Waals surface area contributed by atoms with Gasteiger partial charge in [0.05, 0.1) is 5.69 Å². The average Bonchev–Trinajstić information content (AvgIpc) is 2.71. The second-order valence-corrected chi connectivity index (χ2v) is 9.29. The lowest BCUT2D eigenvalue weighted by atomic mass is 9.90. The predicted octanol–water partition coefficient (Wildman–Crippen LogP) is 3.59. The third-order valence-corrected chi connectivity index (χ3v) is 6.92. The zero-order valence-electron chi connectivity index (χ0n) is 16.4. The number of sulfonamides is 1. The van der Waals surface area contributed by atoms with E-state index in [-0.39, 0.29) is 22.5 Å². The number of Topliss-reactive ketones (excluding diaryl/α,β-unsaturated/α-hetero) is 2. The lowest BCUT2D eigenvalue weighted by Gasteiger charge is -2.35. The predicted molar refractivity (Wildman–Crippen MR) is 111 cm³/mol. The topological polar surface area (TPSA) is 83.6 Å². The minimum absolute atomic E-state index is 0.0202. The van der Waals surface area contributed by atoms with Crippen LogP contribution in [-0.4, -0.2) is 38.0 Å². The van der Waals surface area contributed by atoms with E-state index in [1.54, 1.807) is 17.0 Å². The van der Waals surface area contributed by atoms with Crippen LogP contribution in [0.15, 0.2) is 59.1 Å². The molecule has 1 heterocycles. The molecule has 1 saturated heterocycles. The first-order valence-electron chi connectivity index (χ1n) is 9.74. The zero-order chi connectivity index (χ0) is 21.5. The molecule has 1 fully saturated rings. The molecule has 1 aliphatic carbocycles. The molecule has 156 valence electrons. The van der Waals surface area contributed by atoms with Crippen molar-refractivity contribution in [3.63, 3.8) is 0 Å². The van der Waals surface area contributed by atoms with Crippen LogP contribution in [0.2, 0.25) is 0 Å². The minimum atomic E-state index is -4.44. The molecule has 0 spiro atoms. The summed E-state index contributed by atoms with van der Waals surface area (Å²) in [4.78, 5) is 27.7. The minimum Gasteiger partial charge on any atom is -0.367 e. The van der Waals surface area contributed by atoms with Crippen LogP contribution in [0.1, 0.15) is 40.5 Å². The van der Waals surface area contributed by atoms with Crippen LogP contribution < -0.4 is 4.72 Å². The van der Waals surface area contributed by atoms with Crippen molar-refractivity contribution in [2.75, 3.05) is 17.8 Å². The van der Waals surface area contributed by atoms with Gasteiger partial charge >= 0.3 is 0 Å². The van der Waals surface area contributed by atoms with Gasteiger partial charge in [0, 0.05) is 24.2 Å². The summed E-state index contributed by atoms with van der Waals surface area (Å²) in [7, 11) is -4.44. The summed E-state index contributed by atoms with van der Waals surface area (Å²) in [6.07, 6.45) is 1.58. The number of allylic oxidation sites excluding steroid dienone is 2. The van der Waals surface area contributed by atoms with Gasteiger partial charge in [-0.05, 0) is 37.0 Å². The molecule has 0 unspecified atom stereocenters. The Morgan fingerprint density at radius 2 is 1.60 bits per heavy atom. The van der Waals surface area contributed by atoms with Gasteiger partial charge in [-0.1, -0.05) is 37.3 Å². The van der Waals surface area contributed by atoms with Gasteiger partial charge in [0.1, 0.15) is 11.5 Å². The Morgan fingerprint density at radius 1 is 0.967 bits per heavy atom. The van der Waals surface area contributed by atoms with Crippen LogP contribution in [0.25, 0.3) is 0 Å². The third kappa shape index (κ3) is 3.63. The van der Waals surface area contributed by atoms with Crippen molar-refractivity contribution >= 4 is 27.3 Å². The van der Waals surface area contributed by atoms with Crippen molar-refractivity contribution < 1.29 is 22.4 Å². The molecule has 0 amide bonds.